The van der Waals surface area contributed by atoms with Gasteiger partial charge >= 0.3 is 0 Å². The van der Waals surface area contributed by atoms with Gasteiger partial charge in [-0.3, -0.25) is 0 Å². The van der Waals surface area contributed by atoms with Crippen molar-refractivity contribution in [3.63, 3.8) is 0 Å². The van der Waals surface area contributed by atoms with Crippen LogP contribution in [-0.4, -0.2) is 198 Å². The van der Waals surface area contributed by atoms with Gasteiger partial charge in [0, 0.05) is 11.3 Å². The first-order valence-corrected chi connectivity index (χ1v) is 24.5. The first-order chi connectivity index (χ1) is 30.9. The number of rotatable bonds is 9. The monoisotopic (exact) mass is 944 g/mol. The largest absolute Gasteiger partial charge is 0.394 e. The Balaban J connectivity index is 0.886. The van der Waals surface area contributed by atoms with E-state index in [-0.39, 0.29) is 52.6 Å². The molecule has 3 spiro atoms. The van der Waals surface area contributed by atoms with Crippen LogP contribution in [0.2, 0.25) is 0 Å². The minimum Gasteiger partial charge on any atom is -0.394 e. The molecule has 19 heteroatoms. The fraction of sp³-hybridized carbons (Fsp3) is 1.00. The Hall–Kier alpha value is -0.760. The summed E-state index contributed by atoms with van der Waals surface area (Å²) in [4.78, 5) is 0. The van der Waals surface area contributed by atoms with Gasteiger partial charge in [0.2, 0.25) is 0 Å². The van der Waals surface area contributed by atoms with Gasteiger partial charge in [0.15, 0.2) is 24.7 Å². The second kappa shape index (κ2) is 16.1. The molecule has 66 heavy (non-hydrogen) atoms. The summed E-state index contributed by atoms with van der Waals surface area (Å²) in [5.74, 6) is -0.546. The highest BCUT2D eigenvalue weighted by Crippen LogP contribution is 2.90. The molecule has 11 N–H and O–H groups in total. The molecule has 5 aliphatic carbocycles. The summed E-state index contributed by atoms with van der Waals surface area (Å²) in [6.45, 7) is 13.1. The summed E-state index contributed by atoms with van der Waals surface area (Å²) in [7, 11) is 0. The van der Waals surface area contributed by atoms with Crippen molar-refractivity contribution < 1.29 is 94.1 Å². The van der Waals surface area contributed by atoms with E-state index < -0.39 is 140 Å². The van der Waals surface area contributed by atoms with Crippen molar-refractivity contribution in [1.82, 2.24) is 0 Å². The van der Waals surface area contributed by atoms with E-state index in [0.717, 1.165) is 44.9 Å². The van der Waals surface area contributed by atoms with Crippen LogP contribution in [0.15, 0.2) is 0 Å². The predicted octanol–water partition coefficient (Wildman–Crippen LogP) is -1.23. The minimum absolute atomic E-state index is 0.00382. The summed E-state index contributed by atoms with van der Waals surface area (Å²) in [5.41, 5.74) is -2.35. The second-order valence-corrected chi connectivity index (χ2v) is 23.9. The fourth-order valence-electron chi connectivity index (χ4n) is 16.9. The lowest BCUT2D eigenvalue weighted by atomic mass is 9.41. The molecule has 0 radical (unpaired) electrons. The highest BCUT2D eigenvalue weighted by molar-refractivity contribution is 5.34. The van der Waals surface area contributed by atoms with Gasteiger partial charge in [0.1, 0.15) is 79.4 Å². The summed E-state index contributed by atoms with van der Waals surface area (Å²) >= 11 is 0. The maximum absolute atomic E-state index is 12.9. The third kappa shape index (κ3) is 6.49. The molecule has 378 valence electrons. The number of hydrogen-bond acceptors (Lipinski definition) is 19. The normalized spacial score (nSPS) is 59.5. The predicted molar refractivity (Wildman–Crippen MR) is 224 cm³/mol. The maximum Gasteiger partial charge on any atom is 0.199 e. The second-order valence-electron chi connectivity index (χ2n) is 23.9. The van der Waals surface area contributed by atoms with Crippen molar-refractivity contribution in [2.24, 2.45) is 50.7 Å². The molecule has 10 rings (SSSR count). The van der Waals surface area contributed by atoms with Crippen molar-refractivity contribution in [3.8, 4) is 0 Å². The van der Waals surface area contributed by atoms with E-state index in [2.05, 4.69) is 34.6 Å². The molecule has 2 bridgehead atoms. The number of hydrogen-bond donors (Lipinski definition) is 11. The van der Waals surface area contributed by atoms with Crippen molar-refractivity contribution in [3.05, 3.63) is 0 Å². The van der Waals surface area contributed by atoms with Gasteiger partial charge in [-0.05, 0) is 105 Å². The van der Waals surface area contributed by atoms with Gasteiger partial charge in [0.25, 0.3) is 0 Å². The van der Waals surface area contributed by atoms with E-state index in [1.165, 1.54) is 0 Å². The van der Waals surface area contributed by atoms with Crippen LogP contribution in [-0.2, 0) is 37.9 Å². The third-order valence-electron chi connectivity index (χ3n) is 20.1. The van der Waals surface area contributed by atoms with Crippen molar-refractivity contribution in [1.29, 1.82) is 0 Å². The number of aliphatic hydroxyl groups is 11. The lowest BCUT2D eigenvalue weighted by Crippen LogP contribution is -2.66. The molecule has 10 aliphatic rings. The Labute approximate surface area is 385 Å². The zero-order chi connectivity index (χ0) is 47.6. The molecule has 19 nitrogen and oxygen atoms in total. The molecule has 27 atom stereocenters. The average Bonchev–Trinajstić information content (AvgIpc) is 3.78. The summed E-state index contributed by atoms with van der Waals surface area (Å²) < 4.78 is 50.3. The first kappa shape index (κ1) is 48.8. The van der Waals surface area contributed by atoms with Gasteiger partial charge < -0.3 is 94.1 Å². The van der Waals surface area contributed by atoms with Crippen LogP contribution in [0.4, 0.5) is 0 Å². The first-order valence-electron chi connectivity index (χ1n) is 24.5. The van der Waals surface area contributed by atoms with E-state index in [4.69, 9.17) is 37.9 Å². The van der Waals surface area contributed by atoms with E-state index in [1.807, 2.05) is 0 Å². The van der Waals surface area contributed by atoms with Gasteiger partial charge in [-0.2, -0.15) is 0 Å². The van der Waals surface area contributed by atoms with Crippen molar-refractivity contribution >= 4 is 0 Å². The zero-order valence-corrected chi connectivity index (χ0v) is 39.2. The molecular weight excluding hydrogens is 868 g/mol. The van der Waals surface area contributed by atoms with Crippen LogP contribution in [0.5, 0.6) is 0 Å². The van der Waals surface area contributed by atoms with E-state index in [1.54, 1.807) is 13.8 Å². The molecule has 5 heterocycles. The van der Waals surface area contributed by atoms with E-state index in [9.17, 15) is 56.2 Å². The van der Waals surface area contributed by atoms with Crippen LogP contribution >= 0.6 is 0 Å². The van der Waals surface area contributed by atoms with Gasteiger partial charge in [0.05, 0.1) is 37.6 Å². The van der Waals surface area contributed by atoms with Crippen LogP contribution < -0.4 is 0 Å². The summed E-state index contributed by atoms with van der Waals surface area (Å²) in [6.07, 6.45) is -17.9. The lowest BCUT2D eigenvalue weighted by Gasteiger charge is -2.63. The molecule has 5 saturated carbocycles. The zero-order valence-electron chi connectivity index (χ0n) is 39.2. The van der Waals surface area contributed by atoms with Gasteiger partial charge in [-0.1, -0.05) is 34.6 Å². The maximum atomic E-state index is 12.9. The molecule has 5 aliphatic heterocycles. The van der Waals surface area contributed by atoms with Crippen molar-refractivity contribution in [2.45, 2.75) is 222 Å². The highest BCUT2D eigenvalue weighted by Gasteiger charge is 2.88. The molecule has 0 unspecified atom stereocenters. The number of aliphatic hydroxyl groups excluding tert-OH is 10. The Bertz CT molecular complexity index is 1820. The molecule has 0 aromatic rings. The molecule has 0 amide bonds. The SMILES string of the molecule is C[C@@H]1C[C@H]2O[C@@]3(O[C@@H]2C(C)(C)O)[C@H](O)[C@@]2(C)[C@@H]4CC[C@@H]5C(C)(C)[C@@H](O[C@@H]6OC[C@@H](O)[C@H](O)[C@H]6O[C@@H]6O[C@H](CO)[C@@H](O)[C@H](O)[C@H]6O[C@@H]6O[C@H](CO)[C@@H](O)[C@H](O)[C@H]6O)CC[C@@]56C[C@@]46CC[C@]2(C)[C@@H]13. The van der Waals surface area contributed by atoms with Gasteiger partial charge in [-0.15, -0.1) is 0 Å². The van der Waals surface area contributed by atoms with Crippen LogP contribution in [0.25, 0.3) is 0 Å². The number of fused-ring (bicyclic) bond motifs is 4. The smallest absolute Gasteiger partial charge is 0.199 e. The lowest BCUT2D eigenvalue weighted by molar-refractivity contribution is -0.392. The minimum atomic E-state index is -1.88. The molecule has 0 aromatic carbocycles. The van der Waals surface area contributed by atoms with Crippen LogP contribution in [0, 0.1) is 50.7 Å². The average molecular weight is 945 g/mol. The Morgan fingerprint density at radius 3 is 1.92 bits per heavy atom. The molecule has 0 aromatic heterocycles. The summed E-state index contributed by atoms with van der Waals surface area (Å²) in [6, 6.07) is 0. The highest BCUT2D eigenvalue weighted by atomic mass is 16.8. The quantitative estimate of drug-likeness (QED) is 0.121. The fourth-order valence-corrected chi connectivity index (χ4v) is 16.9. The standard InChI is InChI=1S/C47H76O19/c1-19-14-21-36(42(4,5)58)66-47(65-21)35(19)43(6)12-13-46-18-45(46)11-10-26(41(2,3)24(45)8-9-25(46)44(43,7)40(47)57)62-38-33(27(51)20(50)17-59-38)64-39-34(31(55)29(53)23(16-49)61-39)63-37-32(56)30(54)28(52)22(15-48)60-37/h19-40,48-58H,8-18H2,1-7H3/t19-,20-,21-,22-,23-,24-,25+,26+,27+,28-,29-,30+,31+,32-,33-,34-,35-,36+,37+,38+,39+,40-,43-,44-,45-,46+,47+/m1/s1. The Kier molecular flexibility index (Phi) is 11.9. The van der Waals surface area contributed by atoms with Gasteiger partial charge in [-0.25, -0.2) is 0 Å². The Morgan fingerprint density at radius 1 is 0.652 bits per heavy atom. The third-order valence-corrected chi connectivity index (χ3v) is 20.1. The molecule has 5 saturated heterocycles. The van der Waals surface area contributed by atoms with Crippen LogP contribution in [0.3, 0.4) is 0 Å². The Morgan fingerprint density at radius 2 is 1.26 bits per heavy atom. The molecular formula is C47H76O19. The van der Waals surface area contributed by atoms with E-state index in [0.29, 0.717) is 6.42 Å². The van der Waals surface area contributed by atoms with Crippen molar-refractivity contribution in [2.75, 3.05) is 19.8 Å². The number of ether oxygens (including phenoxy) is 8. The molecule has 10 fully saturated rings. The topological polar surface area (TPSA) is 296 Å². The van der Waals surface area contributed by atoms with Crippen LogP contribution in [0.1, 0.15) is 99.8 Å². The van der Waals surface area contributed by atoms with E-state index >= 15 is 0 Å². The summed E-state index contributed by atoms with van der Waals surface area (Å²) in [5, 5.41) is 120.